The van der Waals surface area contributed by atoms with Gasteiger partial charge in [0.15, 0.2) is 5.82 Å². The third-order valence-electron chi connectivity index (χ3n) is 5.33. The molecule has 1 aliphatic rings. The maximum absolute atomic E-state index is 12.7. The van der Waals surface area contributed by atoms with Gasteiger partial charge in [-0.1, -0.05) is 38.1 Å². The zero-order valence-corrected chi connectivity index (χ0v) is 19.7. The number of carbonyl (C=O) groups is 2. The Morgan fingerprint density at radius 1 is 1.12 bits per heavy atom. The zero-order chi connectivity index (χ0) is 23.3. The number of ether oxygens (including phenoxy) is 1. The highest BCUT2D eigenvalue weighted by Crippen LogP contribution is 2.19. The van der Waals surface area contributed by atoms with Crippen LogP contribution < -0.4 is 5.32 Å². The summed E-state index contributed by atoms with van der Waals surface area (Å²) in [5, 5.41) is 6.92. The summed E-state index contributed by atoms with van der Waals surface area (Å²) in [6.45, 7) is 11.7. The Balaban J connectivity index is 1.41. The van der Waals surface area contributed by atoms with Crippen molar-refractivity contribution in [1.29, 1.82) is 0 Å². The fourth-order valence-corrected chi connectivity index (χ4v) is 3.64. The summed E-state index contributed by atoms with van der Waals surface area (Å²) in [6.07, 6.45) is 1.68. The Kier molecular flexibility index (Phi) is 7.66. The standard InChI is InChI=1S/C24H34N4O4/c1-16-14-28(15-17(2)31-16)22(30)19-11-9-18(10-12-19)13-25-20(29)7-6-8-21-26-23(27-32-21)24(3,4)5/h9-12,16-17H,6-8,13-15H2,1-5H3,(H,25,29). The third kappa shape index (κ3) is 6.63. The van der Waals surface area contributed by atoms with Crippen LogP contribution in [-0.4, -0.2) is 52.2 Å². The minimum Gasteiger partial charge on any atom is -0.372 e. The lowest BCUT2D eigenvalue weighted by Crippen LogP contribution is -2.48. The van der Waals surface area contributed by atoms with Crippen molar-refractivity contribution in [2.24, 2.45) is 0 Å². The average molecular weight is 443 g/mol. The molecule has 0 bridgehead atoms. The van der Waals surface area contributed by atoms with Crippen LogP contribution in [0.25, 0.3) is 0 Å². The molecule has 8 nitrogen and oxygen atoms in total. The molecule has 0 spiro atoms. The lowest BCUT2D eigenvalue weighted by Gasteiger charge is -2.35. The number of nitrogens with one attached hydrogen (secondary N) is 1. The number of rotatable bonds is 7. The Morgan fingerprint density at radius 3 is 2.38 bits per heavy atom. The van der Waals surface area contributed by atoms with E-state index in [1.54, 1.807) is 0 Å². The predicted molar refractivity (Wildman–Crippen MR) is 120 cm³/mol. The van der Waals surface area contributed by atoms with Crippen LogP contribution in [0.1, 0.15) is 75.1 Å². The molecule has 3 rings (SSSR count). The first kappa shape index (κ1) is 23.9. The van der Waals surface area contributed by atoms with Crippen LogP contribution in [0.4, 0.5) is 0 Å². The molecule has 174 valence electrons. The minimum atomic E-state index is -0.154. The van der Waals surface area contributed by atoms with Gasteiger partial charge in [-0.15, -0.1) is 0 Å². The number of carbonyl (C=O) groups excluding carboxylic acids is 2. The number of aryl methyl sites for hydroxylation is 1. The van der Waals surface area contributed by atoms with Crippen molar-refractivity contribution < 1.29 is 18.8 Å². The Morgan fingerprint density at radius 2 is 1.78 bits per heavy atom. The first-order valence-electron chi connectivity index (χ1n) is 11.3. The van der Waals surface area contributed by atoms with E-state index in [4.69, 9.17) is 9.26 Å². The maximum Gasteiger partial charge on any atom is 0.254 e. The number of nitrogens with zero attached hydrogens (tertiary/aromatic N) is 3. The molecule has 2 amide bonds. The Hall–Kier alpha value is -2.74. The van der Waals surface area contributed by atoms with E-state index in [1.807, 2.05) is 63.8 Å². The van der Waals surface area contributed by atoms with Crippen molar-refractivity contribution >= 4 is 11.8 Å². The quantitative estimate of drug-likeness (QED) is 0.707. The molecular formula is C24H34N4O4. The minimum absolute atomic E-state index is 0.0122. The first-order valence-corrected chi connectivity index (χ1v) is 11.3. The van der Waals surface area contributed by atoms with Crippen molar-refractivity contribution in [2.75, 3.05) is 13.1 Å². The van der Waals surface area contributed by atoms with Crippen molar-refractivity contribution in [3.05, 3.63) is 47.1 Å². The predicted octanol–water partition coefficient (Wildman–Crippen LogP) is 3.26. The molecule has 1 aromatic heterocycles. The van der Waals surface area contributed by atoms with Gasteiger partial charge in [-0.25, -0.2) is 0 Å². The van der Waals surface area contributed by atoms with Crippen LogP contribution in [-0.2, 0) is 27.9 Å². The van der Waals surface area contributed by atoms with Crippen LogP contribution in [0.5, 0.6) is 0 Å². The number of morpholine rings is 1. The lowest BCUT2D eigenvalue weighted by molar-refractivity contribution is -0.121. The summed E-state index contributed by atoms with van der Waals surface area (Å²) < 4.78 is 11.0. The summed E-state index contributed by atoms with van der Waals surface area (Å²) >= 11 is 0. The van der Waals surface area contributed by atoms with Crippen LogP contribution in [0.3, 0.4) is 0 Å². The van der Waals surface area contributed by atoms with E-state index in [0.717, 1.165) is 5.56 Å². The Bertz CT molecular complexity index is 907. The molecule has 1 N–H and O–H groups in total. The first-order chi connectivity index (χ1) is 15.1. The highest BCUT2D eigenvalue weighted by atomic mass is 16.5. The van der Waals surface area contributed by atoms with Crippen LogP contribution in [0.2, 0.25) is 0 Å². The van der Waals surface area contributed by atoms with Gasteiger partial charge in [0, 0.05) is 43.5 Å². The SMILES string of the molecule is CC1CN(C(=O)c2ccc(CNC(=O)CCCc3nc(C(C)(C)C)no3)cc2)CC(C)O1. The van der Waals surface area contributed by atoms with Crippen molar-refractivity contribution in [3.63, 3.8) is 0 Å². The Labute approximate surface area is 189 Å². The smallest absolute Gasteiger partial charge is 0.254 e. The molecule has 8 heteroatoms. The second-order valence-corrected chi connectivity index (χ2v) is 9.56. The zero-order valence-electron chi connectivity index (χ0n) is 19.7. The molecule has 2 aromatic rings. The van der Waals surface area contributed by atoms with Gasteiger partial charge in [0.2, 0.25) is 11.8 Å². The molecule has 1 aliphatic heterocycles. The summed E-state index contributed by atoms with van der Waals surface area (Å²) in [5.41, 5.74) is 1.44. The second-order valence-electron chi connectivity index (χ2n) is 9.56. The lowest BCUT2D eigenvalue weighted by atomic mass is 9.96. The van der Waals surface area contributed by atoms with E-state index in [1.165, 1.54) is 0 Å². The summed E-state index contributed by atoms with van der Waals surface area (Å²) in [4.78, 5) is 31.1. The molecule has 1 fully saturated rings. The van der Waals surface area contributed by atoms with E-state index in [9.17, 15) is 9.59 Å². The molecule has 0 aliphatic carbocycles. The van der Waals surface area contributed by atoms with Crippen LogP contribution in [0, 0.1) is 0 Å². The van der Waals surface area contributed by atoms with E-state index in [-0.39, 0.29) is 29.4 Å². The molecule has 2 atom stereocenters. The van der Waals surface area contributed by atoms with E-state index < -0.39 is 0 Å². The number of benzene rings is 1. The summed E-state index contributed by atoms with van der Waals surface area (Å²) in [6, 6.07) is 7.40. The van der Waals surface area contributed by atoms with E-state index in [2.05, 4.69) is 15.5 Å². The largest absolute Gasteiger partial charge is 0.372 e. The molecule has 1 saturated heterocycles. The number of amides is 2. The van der Waals surface area contributed by atoms with Gasteiger partial charge >= 0.3 is 0 Å². The summed E-state index contributed by atoms with van der Waals surface area (Å²) in [7, 11) is 0. The monoisotopic (exact) mass is 442 g/mol. The molecule has 0 saturated carbocycles. The normalized spacial score (nSPS) is 19.1. The van der Waals surface area contributed by atoms with Crippen LogP contribution >= 0.6 is 0 Å². The molecule has 2 heterocycles. The highest BCUT2D eigenvalue weighted by Gasteiger charge is 2.26. The number of hydrogen-bond acceptors (Lipinski definition) is 6. The van der Waals surface area contributed by atoms with E-state index in [0.29, 0.717) is 56.2 Å². The van der Waals surface area contributed by atoms with Crippen LogP contribution in [0.15, 0.2) is 28.8 Å². The van der Waals surface area contributed by atoms with Gasteiger partial charge in [0.25, 0.3) is 5.91 Å². The van der Waals surface area contributed by atoms with Gasteiger partial charge in [-0.2, -0.15) is 4.98 Å². The molecule has 0 radical (unpaired) electrons. The second kappa shape index (κ2) is 10.3. The van der Waals surface area contributed by atoms with Gasteiger partial charge < -0.3 is 19.5 Å². The number of aromatic nitrogens is 2. The summed E-state index contributed by atoms with van der Waals surface area (Å²) in [5.74, 6) is 1.22. The number of hydrogen-bond donors (Lipinski definition) is 1. The van der Waals surface area contributed by atoms with Gasteiger partial charge in [-0.3, -0.25) is 9.59 Å². The van der Waals surface area contributed by atoms with Gasteiger partial charge in [0.05, 0.1) is 12.2 Å². The highest BCUT2D eigenvalue weighted by molar-refractivity contribution is 5.94. The molecular weight excluding hydrogens is 408 g/mol. The average Bonchev–Trinajstić information content (AvgIpc) is 3.21. The fourth-order valence-electron chi connectivity index (χ4n) is 3.64. The van der Waals surface area contributed by atoms with Gasteiger partial charge in [0.1, 0.15) is 0 Å². The van der Waals surface area contributed by atoms with Crippen molar-refractivity contribution in [2.45, 2.75) is 78.0 Å². The van der Waals surface area contributed by atoms with Gasteiger partial charge in [-0.05, 0) is 38.0 Å². The van der Waals surface area contributed by atoms with Crippen molar-refractivity contribution in [1.82, 2.24) is 20.4 Å². The molecule has 2 unspecified atom stereocenters. The molecule has 1 aromatic carbocycles. The topological polar surface area (TPSA) is 97.6 Å². The van der Waals surface area contributed by atoms with E-state index >= 15 is 0 Å². The fraction of sp³-hybridized carbons (Fsp3) is 0.583. The third-order valence-corrected chi connectivity index (χ3v) is 5.33. The van der Waals surface area contributed by atoms with Crippen molar-refractivity contribution in [3.8, 4) is 0 Å². The maximum atomic E-state index is 12.7. The molecule has 32 heavy (non-hydrogen) atoms.